The van der Waals surface area contributed by atoms with E-state index >= 15 is 0 Å². The van der Waals surface area contributed by atoms with E-state index < -0.39 is 0 Å². The van der Waals surface area contributed by atoms with Gasteiger partial charge in [-0.05, 0) is 44.7 Å². The number of hydrogen-bond acceptors (Lipinski definition) is 5. The second kappa shape index (κ2) is 5.52. The van der Waals surface area contributed by atoms with Gasteiger partial charge in [0, 0.05) is 18.7 Å². The van der Waals surface area contributed by atoms with Gasteiger partial charge in [0.15, 0.2) is 0 Å². The predicted molar refractivity (Wildman–Crippen MR) is 72.8 cm³/mol. The highest BCUT2D eigenvalue weighted by atomic mass is 15.1. The number of nitrogens with zero attached hydrogens (tertiary/aromatic N) is 2. The van der Waals surface area contributed by atoms with Gasteiger partial charge in [0.05, 0.1) is 0 Å². The topological polar surface area (TPSA) is 61.9 Å². The van der Waals surface area contributed by atoms with Crippen LogP contribution in [-0.4, -0.2) is 35.6 Å². The molecule has 1 aliphatic carbocycles. The number of anilines is 2. The van der Waals surface area contributed by atoms with Gasteiger partial charge in [-0.15, -0.1) is 0 Å². The smallest absolute Gasteiger partial charge is 0.131 e. The zero-order valence-electron chi connectivity index (χ0n) is 10.7. The maximum atomic E-state index is 4.27. The Balaban J connectivity index is 1.52. The average Bonchev–Trinajstić information content (AvgIpc) is 2.85. The third-order valence-corrected chi connectivity index (χ3v) is 3.86. The zero-order valence-corrected chi connectivity index (χ0v) is 10.7. The first-order valence-electron chi connectivity index (χ1n) is 6.93. The molecule has 1 saturated carbocycles. The van der Waals surface area contributed by atoms with E-state index in [9.17, 15) is 0 Å². The Hall–Kier alpha value is -1.36. The van der Waals surface area contributed by atoms with Crippen LogP contribution in [0.1, 0.15) is 25.7 Å². The van der Waals surface area contributed by atoms with E-state index in [1.54, 1.807) is 6.33 Å². The van der Waals surface area contributed by atoms with Crippen molar-refractivity contribution in [3.63, 3.8) is 0 Å². The lowest BCUT2D eigenvalue weighted by molar-refractivity contribution is 0.444. The number of hydrogen-bond donors (Lipinski definition) is 3. The molecule has 1 aromatic rings. The summed E-state index contributed by atoms with van der Waals surface area (Å²) in [6.07, 6.45) is 6.76. The van der Waals surface area contributed by atoms with Crippen LogP contribution in [0.25, 0.3) is 0 Å². The van der Waals surface area contributed by atoms with Crippen molar-refractivity contribution in [1.82, 2.24) is 15.3 Å². The van der Waals surface area contributed by atoms with Gasteiger partial charge >= 0.3 is 0 Å². The minimum absolute atomic E-state index is 0.617. The summed E-state index contributed by atoms with van der Waals surface area (Å²) < 4.78 is 0. The molecule has 1 aliphatic heterocycles. The van der Waals surface area contributed by atoms with Crippen LogP contribution in [-0.2, 0) is 0 Å². The second-order valence-corrected chi connectivity index (χ2v) is 5.30. The Kier molecular flexibility index (Phi) is 3.59. The van der Waals surface area contributed by atoms with Gasteiger partial charge in [0.25, 0.3) is 0 Å². The largest absolute Gasteiger partial charge is 0.370 e. The van der Waals surface area contributed by atoms with Gasteiger partial charge in [-0.2, -0.15) is 0 Å². The van der Waals surface area contributed by atoms with Crippen LogP contribution < -0.4 is 16.0 Å². The summed E-state index contributed by atoms with van der Waals surface area (Å²) in [6, 6.07) is 2.63. The molecule has 3 N–H and O–H groups in total. The lowest BCUT2D eigenvalue weighted by atomic mass is 9.93. The van der Waals surface area contributed by atoms with Gasteiger partial charge in [-0.25, -0.2) is 9.97 Å². The Morgan fingerprint density at radius 1 is 1.22 bits per heavy atom. The van der Waals surface area contributed by atoms with E-state index in [0.29, 0.717) is 6.04 Å². The molecule has 1 atom stereocenters. The van der Waals surface area contributed by atoms with E-state index in [0.717, 1.165) is 37.2 Å². The molecule has 2 heterocycles. The summed E-state index contributed by atoms with van der Waals surface area (Å²) in [6.45, 7) is 3.25. The van der Waals surface area contributed by atoms with E-state index in [1.807, 2.05) is 6.07 Å². The highest BCUT2D eigenvalue weighted by Gasteiger charge is 2.17. The molecular formula is C13H21N5. The van der Waals surface area contributed by atoms with Crippen molar-refractivity contribution in [2.24, 2.45) is 5.92 Å². The molecule has 98 valence electrons. The summed E-state index contributed by atoms with van der Waals surface area (Å²) in [7, 11) is 0. The molecule has 0 bridgehead atoms. The lowest BCUT2D eigenvalue weighted by Gasteiger charge is -2.26. The zero-order chi connectivity index (χ0) is 12.2. The molecule has 0 radical (unpaired) electrons. The fourth-order valence-electron chi connectivity index (χ4n) is 2.43. The van der Waals surface area contributed by atoms with Crippen molar-refractivity contribution in [3.05, 3.63) is 12.4 Å². The monoisotopic (exact) mass is 247 g/mol. The minimum atomic E-state index is 0.617. The second-order valence-electron chi connectivity index (χ2n) is 5.30. The quantitative estimate of drug-likeness (QED) is 0.735. The van der Waals surface area contributed by atoms with Gasteiger partial charge < -0.3 is 16.0 Å². The molecule has 2 aliphatic rings. The summed E-state index contributed by atoms with van der Waals surface area (Å²) in [5.41, 5.74) is 0. The van der Waals surface area contributed by atoms with Crippen molar-refractivity contribution in [2.75, 3.05) is 30.3 Å². The maximum absolute atomic E-state index is 4.27. The average molecular weight is 247 g/mol. The highest BCUT2D eigenvalue weighted by Crippen LogP contribution is 2.22. The molecule has 1 aromatic heterocycles. The first kappa shape index (κ1) is 11.7. The normalized spacial score (nSPS) is 23.7. The van der Waals surface area contributed by atoms with Gasteiger partial charge in [-0.1, -0.05) is 0 Å². The molecule has 3 rings (SSSR count). The van der Waals surface area contributed by atoms with Crippen LogP contribution in [0.3, 0.4) is 0 Å². The molecule has 5 nitrogen and oxygen atoms in total. The summed E-state index contributed by atoms with van der Waals surface area (Å²) in [5, 5.41) is 10.2. The lowest BCUT2D eigenvalue weighted by Crippen LogP contribution is -2.27. The SMILES string of the molecule is c1nc(NCC2CCNC2)cc(NC2CCC2)n1. The third-order valence-electron chi connectivity index (χ3n) is 3.86. The maximum Gasteiger partial charge on any atom is 0.131 e. The highest BCUT2D eigenvalue weighted by molar-refractivity contribution is 5.47. The molecule has 1 saturated heterocycles. The molecule has 2 fully saturated rings. The molecule has 18 heavy (non-hydrogen) atoms. The molecule has 5 heteroatoms. The van der Waals surface area contributed by atoms with Crippen molar-refractivity contribution >= 4 is 11.6 Å². The van der Waals surface area contributed by atoms with E-state index in [-0.39, 0.29) is 0 Å². The Labute approximate surface area is 108 Å². The third kappa shape index (κ3) is 2.90. The molecular weight excluding hydrogens is 226 g/mol. The molecule has 0 aromatic carbocycles. The molecule has 0 amide bonds. The van der Waals surface area contributed by atoms with Crippen molar-refractivity contribution in [2.45, 2.75) is 31.7 Å². The van der Waals surface area contributed by atoms with Crippen molar-refractivity contribution < 1.29 is 0 Å². The van der Waals surface area contributed by atoms with Crippen molar-refractivity contribution in [1.29, 1.82) is 0 Å². The summed E-state index contributed by atoms with van der Waals surface area (Å²) in [4.78, 5) is 8.54. The molecule has 0 spiro atoms. The predicted octanol–water partition coefficient (Wildman–Crippen LogP) is 1.46. The van der Waals surface area contributed by atoms with Crippen molar-refractivity contribution in [3.8, 4) is 0 Å². The van der Waals surface area contributed by atoms with Gasteiger partial charge in [0.2, 0.25) is 0 Å². The Bertz CT molecular complexity index is 385. The van der Waals surface area contributed by atoms with Crippen LogP contribution in [0.2, 0.25) is 0 Å². The number of nitrogens with one attached hydrogen (secondary N) is 3. The van der Waals surface area contributed by atoms with E-state index in [4.69, 9.17) is 0 Å². The number of rotatable bonds is 5. The summed E-state index contributed by atoms with van der Waals surface area (Å²) >= 11 is 0. The first-order valence-corrected chi connectivity index (χ1v) is 6.93. The van der Waals surface area contributed by atoms with Crippen LogP contribution >= 0.6 is 0 Å². The van der Waals surface area contributed by atoms with Gasteiger partial charge in [0.1, 0.15) is 18.0 Å². The van der Waals surface area contributed by atoms with Crippen LogP contribution in [0.15, 0.2) is 12.4 Å². The number of aromatic nitrogens is 2. The minimum Gasteiger partial charge on any atom is -0.370 e. The Morgan fingerprint density at radius 3 is 2.83 bits per heavy atom. The van der Waals surface area contributed by atoms with Crippen LogP contribution in [0, 0.1) is 5.92 Å². The first-order chi connectivity index (χ1) is 8.90. The Morgan fingerprint density at radius 2 is 2.11 bits per heavy atom. The van der Waals surface area contributed by atoms with E-state index in [1.165, 1.54) is 25.7 Å². The standard InChI is InChI=1S/C13H21N5/c1-2-11(3-1)18-13-6-12(16-9-17-13)15-8-10-4-5-14-7-10/h6,9-11,14H,1-5,7-8H2,(H2,15,16,17,18). The van der Waals surface area contributed by atoms with Gasteiger partial charge in [-0.3, -0.25) is 0 Å². The fraction of sp³-hybridized carbons (Fsp3) is 0.692. The summed E-state index contributed by atoms with van der Waals surface area (Å²) in [5.74, 6) is 2.60. The van der Waals surface area contributed by atoms with E-state index in [2.05, 4.69) is 25.9 Å². The van der Waals surface area contributed by atoms with Crippen LogP contribution in [0.4, 0.5) is 11.6 Å². The van der Waals surface area contributed by atoms with Crippen LogP contribution in [0.5, 0.6) is 0 Å². The molecule has 1 unspecified atom stereocenters. The fourth-order valence-corrected chi connectivity index (χ4v) is 2.43.